The molecule has 0 saturated carbocycles. The minimum absolute atomic E-state index is 0.321. The van der Waals surface area contributed by atoms with Crippen molar-refractivity contribution in [3.8, 4) is 0 Å². The summed E-state index contributed by atoms with van der Waals surface area (Å²) in [6, 6.07) is 5.81. The van der Waals surface area contributed by atoms with Gasteiger partial charge in [0, 0.05) is 6.54 Å². The number of hydrogen-bond donors (Lipinski definition) is 1. The number of nitrogens with one attached hydrogen (secondary N) is 1. The van der Waals surface area contributed by atoms with E-state index in [0.717, 1.165) is 41.3 Å². The van der Waals surface area contributed by atoms with Gasteiger partial charge in [0.25, 0.3) is 11.1 Å². The Labute approximate surface area is 120 Å². The number of thioether (sulfide) groups is 1. The maximum Gasteiger partial charge on any atom is 0.290 e. The number of imidazole rings is 1. The van der Waals surface area contributed by atoms with Crippen LogP contribution in [0.1, 0.15) is 18.9 Å². The number of aryl methyl sites for hydroxylation is 1. The van der Waals surface area contributed by atoms with E-state index in [9.17, 15) is 9.59 Å². The van der Waals surface area contributed by atoms with E-state index in [1.165, 1.54) is 0 Å². The third kappa shape index (κ3) is 2.34. The van der Waals surface area contributed by atoms with E-state index >= 15 is 0 Å². The zero-order valence-corrected chi connectivity index (χ0v) is 11.7. The van der Waals surface area contributed by atoms with E-state index < -0.39 is 0 Å². The van der Waals surface area contributed by atoms with Crippen molar-refractivity contribution in [2.45, 2.75) is 19.9 Å². The van der Waals surface area contributed by atoms with Crippen LogP contribution in [0.4, 0.5) is 4.79 Å². The molecule has 0 radical (unpaired) electrons. The fourth-order valence-corrected chi connectivity index (χ4v) is 2.84. The van der Waals surface area contributed by atoms with Gasteiger partial charge in [-0.2, -0.15) is 0 Å². The van der Waals surface area contributed by atoms with Gasteiger partial charge in [0.2, 0.25) is 0 Å². The van der Waals surface area contributed by atoms with Crippen LogP contribution in [-0.2, 0) is 11.3 Å². The van der Waals surface area contributed by atoms with Crippen LogP contribution in [0.2, 0.25) is 0 Å². The van der Waals surface area contributed by atoms with Crippen LogP contribution in [0, 0.1) is 0 Å². The minimum Gasteiger partial charge on any atom is -0.331 e. The highest BCUT2D eigenvalue weighted by molar-refractivity contribution is 8.18. The summed E-state index contributed by atoms with van der Waals surface area (Å²) in [5, 5.41) is 1.93. The van der Waals surface area contributed by atoms with E-state index in [2.05, 4.69) is 21.8 Å². The molecule has 0 bridgehead atoms. The number of nitrogens with zero attached hydrogens (tertiary/aromatic N) is 2. The van der Waals surface area contributed by atoms with E-state index in [0.29, 0.717) is 4.91 Å². The lowest BCUT2D eigenvalue weighted by Crippen LogP contribution is -2.17. The second kappa shape index (κ2) is 5.13. The zero-order valence-electron chi connectivity index (χ0n) is 10.9. The van der Waals surface area contributed by atoms with Crippen molar-refractivity contribution in [1.82, 2.24) is 14.9 Å². The second-order valence-electron chi connectivity index (χ2n) is 4.54. The van der Waals surface area contributed by atoms with Crippen LogP contribution in [0.3, 0.4) is 0 Å². The molecule has 1 saturated heterocycles. The first-order chi connectivity index (χ1) is 9.67. The Morgan fingerprint density at radius 3 is 2.95 bits per heavy atom. The molecule has 20 heavy (non-hydrogen) atoms. The van der Waals surface area contributed by atoms with Gasteiger partial charge in [-0.1, -0.05) is 13.0 Å². The molecule has 1 aliphatic heterocycles. The van der Waals surface area contributed by atoms with Crippen LogP contribution >= 0.6 is 11.8 Å². The van der Waals surface area contributed by atoms with Crippen molar-refractivity contribution >= 4 is 40.0 Å². The van der Waals surface area contributed by atoms with Gasteiger partial charge in [-0.3, -0.25) is 14.9 Å². The quantitative estimate of drug-likeness (QED) is 0.882. The van der Waals surface area contributed by atoms with Gasteiger partial charge in [0.1, 0.15) is 0 Å². The molecule has 1 aromatic carbocycles. The first-order valence-corrected chi connectivity index (χ1v) is 7.19. The molecule has 1 aliphatic rings. The monoisotopic (exact) mass is 287 g/mol. The Kier molecular flexibility index (Phi) is 3.31. The molecule has 102 valence electrons. The number of imide groups is 1. The van der Waals surface area contributed by atoms with Crippen molar-refractivity contribution in [3.05, 3.63) is 35.0 Å². The SMILES string of the molecule is CCCn1cnc2ccc(/C=C3\SC(=O)NC3=O)cc21. The molecule has 0 unspecified atom stereocenters. The van der Waals surface area contributed by atoms with Gasteiger partial charge in [0.05, 0.1) is 22.3 Å². The molecular weight excluding hydrogens is 274 g/mol. The zero-order chi connectivity index (χ0) is 14.1. The van der Waals surface area contributed by atoms with Crippen molar-refractivity contribution in [3.63, 3.8) is 0 Å². The van der Waals surface area contributed by atoms with Crippen LogP contribution < -0.4 is 5.32 Å². The number of fused-ring (bicyclic) bond motifs is 1. The van der Waals surface area contributed by atoms with Crippen LogP contribution in [0.15, 0.2) is 29.4 Å². The largest absolute Gasteiger partial charge is 0.331 e. The van der Waals surface area contributed by atoms with Crippen molar-refractivity contribution < 1.29 is 9.59 Å². The molecule has 2 heterocycles. The highest BCUT2D eigenvalue weighted by atomic mass is 32.2. The summed E-state index contributed by atoms with van der Waals surface area (Å²) in [5.74, 6) is -0.331. The lowest BCUT2D eigenvalue weighted by atomic mass is 10.2. The molecule has 6 heteroatoms. The summed E-state index contributed by atoms with van der Waals surface area (Å²) in [5.41, 5.74) is 2.86. The number of aromatic nitrogens is 2. The second-order valence-corrected chi connectivity index (χ2v) is 5.55. The molecule has 5 nitrogen and oxygen atoms in total. The summed E-state index contributed by atoms with van der Waals surface area (Å²) in [6.45, 7) is 3.02. The maximum absolute atomic E-state index is 11.5. The third-order valence-corrected chi connectivity index (χ3v) is 3.86. The smallest absolute Gasteiger partial charge is 0.290 e. The molecule has 2 amide bonds. The summed E-state index contributed by atoms with van der Waals surface area (Å²) < 4.78 is 2.09. The normalized spacial score (nSPS) is 17.1. The average molecular weight is 287 g/mol. The van der Waals surface area contributed by atoms with E-state index in [-0.39, 0.29) is 11.1 Å². The van der Waals surface area contributed by atoms with Gasteiger partial charge in [-0.15, -0.1) is 0 Å². The van der Waals surface area contributed by atoms with Crippen LogP contribution in [0.25, 0.3) is 17.1 Å². The lowest BCUT2D eigenvalue weighted by molar-refractivity contribution is -0.115. The van der Waals surface area contributed by atoms with Crippen molar-refractivity contribution in [2.24, 2.45) is 0 Å². The van der Waals surface area contributed by atoms with Gasteiger partial charge in [0.15, 0.2) is 0 Å². The number of carbonyl (C=O) groups is 2. The molecule has 0 atom stereocenters. The van der Waals surface area contributed by atoms with Gasteiger partial charge >= 0.3 is 0 Å². The fourth-order valence-electron chi connectivity index (χ4n) is 2.16. The Morgan fingerprint density at radius 2 is 2.25 bits per heavy atom. The number of hydrogen-bond acceptors (Lipinski definition) is 4. The maximum atomic E-state index is 11.5. The highest BCUT2D eigenvalue weighted by Crippen LogP contribution is 2.26. The van der Waals surface area contributed by atoms with E-state index in [1.807, 2.05) is 24.5 Å². The van der Waals surface area contributed by atoms with Gasteiger partial charge in [-0.05, 0) is 42.0 Å². The Balaban J connectivity index is 2.00. The lowest BCUT2D eigenvalue weighted by Gasteiger charge is -2.02. The first kappa shape index (κ1) is 12.9. The minimum atomic E-state index is -0.331. The molecular formula is C14H13N3O2S. The number of carbonyl (C=O) groups excluding carboxylic acids is 2. The van der Waals surface area contributed by atoms with Crippen LogP contribution in [0.5, 0.6) is 0 Å². The Hall–Kier alpha value is -2.08. The predicted molar refractivity (Wildman–Crippen MR) is 79.1 cm³/mol. The summed E-state index contributed by atoms with van der Waals surface area (Å²) in [6.07, 6.45) is 4.59. The van der Waals surface area contributed by atoms with E-state index in [1.54, 1.807) is 6.08 Å². The molecule has 0 spiro atoms. The molecule has 1 aromatic heterocycles. The summed E-state index contributed by atoms with van der Waals surface area (Å²) in [7, 11) is 0. The fraction of sp³-hybridized carbons (Fsp3) is 0.214. The van der Waals surface area contributed by atoms with Gasteiger partial charge < -0.3 is 4.57 Å². The topological polar surface area (TPSA) is 64.0 Å². The number of benzene rings is 1. The number of rotatable bonds is 3. The Bertz CT molecular complexity index is 733. The molecule has 0 aliphatic carbocycles. The molecule has 1 N–H and O–H groups in total. The van der Waals surface area contributed by atoms with Crippen LogP contribution in [-0.4, -0.2) is 20.7 Å². The molecule has 3 rings (SSSR count). The van der Waals surface area contributed by atoms with E-state index in [4.69, 9.17) is 0 Å². The summed E-state index contributed by atoms with van der Waals surface area (Å²) in [4.78, 5) is 27.4. The average Bonchev–Trinajstić information content (AvgIpc) is 2.95. The van der Waals surface area contributed by atoms with Crippen molar-refractivity contribution in [1.29, 1.82) is 0 Å². The third-order valence-electron chi connectivity index (χ3n) is 3.05. The molecule has 2 aromatic rings. The summed E-state index contributed by atoms with van der Waals surface area (Å²) >= 11 is 0.930. The number of amides is 2. The predicted octanol–water partition coefficient (Wildman–Crippen LogP) is 2.77. The first-order valence-electron chi connectivity index (χ1n) is 6.37. The standard InChI is InChI=1S/C14H13N3O2S/c1-2-5-17-8-15-10-4-3-9(6-11(10)17)7-12-13(18)16-14(19)20-12/h3-4,6-8H,2,5H2,1H3,(H,16,18,19)/b12-7-. The molecule has 1 fully saturated rings. The Morgan fingerprint density at radius 1 is 1.40 bits per heavy atom. The van der Waals surface area contributed by atoms with Gasteiger partial charge in [-0.25, -0.2) is 4.98 Å². The highest BCUT2D eigenvalue weighted by Gasteiger charge is 2.24. The van der Waals surface area contributed by atoms with Crippen molar-refractivity contribution in [2.75, 3.05) is 0 Å².